The zero-order valence-corrected chi connectivity index (χ0v) is 25.2. The molecule has 0 saturated carbocycles. The van der Waals surface area contributed by atoms with Gasteiger partial charge in [-0.05, 0) is 43.2 Å². The molecule has 3 aromatic rings. The Balaban J connectivity index is 1.76. The van der Waals surface area contributed by atoms with Crippen molar-refractivity contribution in [3.8, 4) is 0 Å². The second kappa shape index (κ2) is 15.4. The average Bonchev–Trinajstić information content (AvgIpc) is 2.95. The number of nitrogens with one attached hydrogen (secondary N) is 3. The zero-order chi connectivity index (χ0) is 30.8. The van der Waals surface area contributed by atoms with E-state index in [0.29, 0.717) is 13.1 Å². The molecule has 0 unspecified atom stereocenters. The summed E-state index contributed by atoms with van der Waals surface area (Å²) < 4.78 is 68.6. The Kier molecular flexibility index (Phi) is 12.2. The Morgan fingerprint density at radius 2 is 1.57 bits per heavy atom. The van der Waals surface area contributed by atoms with Crippen molar-refractivity contribution in [1.29, 1.82) is 0 Å². The normalized spacial score (nSPS) is 12.1. The molecule has 0 aliphatic rings. The smallest absolute Gasteiger partial charge is 0.305 e. The van der Waals surface area contributed by atoms with Crippen LogP contribution in [-0.4, -0.2) is 41.8 Å². The molecule has 9 nitrogen and oxygen atoms in total. The van der Waals surface area contributed by atoms with Gasteiger partial charge in [-0.2, -0.15) is 17.5 Å². The Bertz CT molecular complexity index is 1440. The lowest BCUT2D eigenvalue weighted by atomic mass is 10.2. The van der Waals surface area contributed by atoms with Gasteiger partial charge in [0.2, 0.25) is 15.8 Å². The molecule has 2 amide bonds. The molecular formula is C28H36ClF3N6O3S. The Hall–Kier alpha value is -3.16. The molecule has 0 fully saturated rings. The first kappa shape index (κ1) is 33.3. The molecule has 42 heavy (non-hydrogen) atoms. The van der Waals surface area contributed by atoms with Crippen LogP contribution in [0.2, 0.25) is 5.02 Å². The van der Waals surface area contributed by atoms with Crippen molar-refractivity contribution in [3.05, 3.63) is 53.3 Å². The van der Waals surface area contributed by atoms with Gasteiger partial charge in [0.1, 0.15) is 0 Å². The number of benzene rings is 2. The largest absolute Gasteiger partial charge is 0.451 e. The molecule has 1 aromatic heterocycles. The van der Waals surface area contributed by atoms with Crippen molar-refractivity contribution in [3.63, 3.8) is 0 Å². The highest BCUT2D eigenvalue weighted by atomic mass is 35.5. The van der Waals surface area contributed by atoms with Crippen LogP contribution in [0.4, 0.5) is 29.5 Å². The first-order valence-electron chi connectivity index (χ1n) is 13.9. The maximum absolute atomic E-state index is 13.6. The molecule has 230 valence electrons. The van der Waals surface area contributed by atoms with E-state index in [-0.39, 0.29) is 32.3 Å². The summed E-state index contributed by atoms with van der Waals surface area (Å²) in [4.78, 5) is 19.7. The molecule has 3 N–H and O–H groups in total. The number of anilines is 2. The number of hydrogen-bond donors (Lipinski definition) is 3. The number of urea groups is 1. The number of hydrogen-bond acceptors (Lipinski definition) is 6. The van der Waals surface area contributed by atoms with Gasteiger partial charge in [-0.25, -0.2) is 23.2 Å². The van der Waals surface area contributed by atoms with E-state index in [2.05, 4.69) is 40.0 Å². The lowest BCUT2D eigenvalue weighted by Gasteiger charge is -2.23. The number of aromatic nitrogens is 2. The van der Waals surface area contributed by atoms with E-state index in [1.807, 2.05) is 0 Å². The number of halogens is 4. The van der Waals surface area contributed by atoms with Crippen LogP contribution in [0, 0.1) is 0 Å². The molecule has 0 bridgehead atoms. The van der Waals surface area contributed by atoms with Gasteiger partial charge in [-0.3, -0.25) is 10.9 Å². The van der Waals surface area contributed by atoms with Crippen LogP contribution < -0.4 is 16.2 Å². The molecule has 3 rings (SSSR count). The first-order chi connectivity index (χ1) is 20.0. The molecule has 1 heterocycles. The Labute approximate surface area is 249 Å². The number of nitrogens with zero attached hydrogens (tertiary/aromatic N) is 3. The van der Waals surface area contributed by atoms with Crippen LogP contribution in [0.3, 0.4) is 0 Å². The van der Waals surface area contributed by atoms with Crippen molar-refractivity contribution in [1.82, 2.24) is 19.7 Å². The molecule has 0 saturated heterocycles. The van der Waals surface area contributed by atoms with Gasteiger partial charge in [-0.1, -0.05) is 76.1 Å². The quantitative estimate of drug-likeness (QED) is 0.118. The van der Waals surface area contributed by atoms with Crippen LogP contribution in [0.25, 0.3) is 10.9 Å². The first-order valence-corrected chi connectivity index (χ1v) is 15.8. The Morgan fingerprint density at radius 3 is 2.19 bits per heavy atom. The van der Waals surface area contributed by atoms with Crippen molar-refractivity contribution in [2.24, 2.45) is 0 Å². The highest BCUT2D eigenvalue weighted by Gasteiger charge is 2.35. The summed E-state index contributed by atoms with van der Waals surface area (Å²) in [6, 6.07) is 9.13. The lowest BCUT2D eigenvalue weighted by molar-refractivity contribution is -0.144. The summed E-state index contributed by atoms with van der Waals surface area (Å²) in [6.07, 6.45) is 2.61. The number of amides is 2. The number of hydrazine groups is 1. The monoisotopic (exact) mass is 628 g/mol. The van der Waals surface area contributed by atoms with Gasteiger partial charge in [0.25, 0.3) is 0 Å². The molecule has 0 aliphatic carbocycles. The van der Waals surface area contributed by atoms with Crippen LogP contribution in [0.5, 0.6) is 0 Å². The highest BCUT2D eigenvalue weighted by Crippen LogP contribution is 2.30. The summed E-state index contributed by atoms with van der Waals surface area (Å²) in [5.41, 5.74) is 4.66. The van der Waals surface area contributed by atoms with Crippen molar-refractivity contribution in [2.45, 2.75) is 76.3 Å². The minimum atomic E-state index is -4.80. The molecule has 0 atom stereocenters. The second-order valence-electron chi connectivity index (χ2n) is 9.78. The van der Waals surface area contributed by atoms with Crippen LogP contribution in [-0.2, 0) is 16.2 Å². The summed E-state index contributed by atoms with van der Waals surface area (Å²) in [5, 5.41) is 2.77. The third-order valence-electron chi connectivity index (χ3n) is 6.50. The third kappa shape index (κ3) is 9.17. The Morgan fingerprint density at radius 1 is 0.929 bits per heavy atom. The fraction of sp³-hybridized carbons (Fsp3) is 0.464. The summed E-state index contributed by atoms with van der Waals surface area (Å²) in [5.74, 6) is -1.65. The van der Waals surface area contributed by atoms with E-state index in [1.54, 1.807) is 6.07 Å². The molecule has 0 radical (unpaired) electrons. The SMILES string of the molecule is CCCCCCN(CCCCCC)S(=O)(=O)c1ccc(Cl)c(NC(=O)NNc2nc(C(F)(F)F)nc3ccccc23)c1. The number of rotatable bonds is 15. The summed E-state index contributed by atoms with van der Waals surface area (Å²) in [6.45, 7) is 4.94. The van der Waals surface area contributed by atoms with Gasteiger partial charge in [0, 0.05) is 18.5 Å². The van der Waals surface area contributed by atoms with Crippen molar-refractivity contribution >= 4 is 50.1 Å². The summed E-state index contributed by atoms with van der Waals surface area (Å²) in [7, 11) is -3.88. The number of carbonyl (C=O) groups is 1. The van der Waals surface area contributed by atoms with E-state index in [9.17, 15) is 26.4 Å². The fourth-order valence-electron chi connectivity index (χ4n) is 4.26. The van der Waals surface area contributed by atoms with E-state index < -0.39 is 28.1 Å². The molecule has 2 aromatic carbocycles. The second-order valence-corrected chi connectivity index (χ2v) is 12.1. The van der Waals surface area contributed by atoms with Crippen LogP contribution in [0.15, 0.2) is 47.4 Å². The van der Waals surface area contributed by atoms with Crippen LogP contribution in [0.1, 0.15) is 71.0 Å². The number of unbranched alkanes of at least 4 members (excludes halogenated alkanes) is 6. The number of sulfonamides is 1. The standard InChI is InChI=1S/C28H36ClF3N6O3S/c1-3-5-7-11-17-38(18-12-8-6-4-2)42(40,41)20-15-16-22(29)24(19-20)34-27(39)37-36-25-21-13-9-10-14-23(21)33-26(35-25)28(30,31)32/h9-10,13-16,19H,3-8,11-12,17-18H2,1-2H3,(H,33,35,36)(H2,34,37,39). The van der Waals surface area contributed by atoms with Gasteiger partial charge in [0.15, 0.2) is 5.82 Å². The predicted octanol–water partition coefficient (Wildman–Crippen LogP) is 7.60. The molecular weight excluding hydrogens is 593 g/mol. The maximum atomic E-state index is 13.6. The van der Waals surface area contributed by atoms with Crippen molar-refractivity contribution < 1.29 is 26.4 Å². The zero-order valence-electron chi connectivity index (χ0n) is 23.6. The highest BCUT2D eigenvalue weighted by molar-refractivity contribution is 7.89. The summed E-state index contributed by atoms with van der Waals surface area (Å²) >= 11 is 6.26. The van der Waals surface area contributed by atoms with E-state index >= 15 is 0 Å². The van der Waals surface area contributed by atoms with E-state index in [0.717, 1.165) is 51.4 Å². The maximum Gasteiger partial charge on any atom is 0.451 e. The predicted molar refractivity (Wildman–Crippen MR) is 159 cm³/mol. The molecule has 0 aliphatic heterocycles. The number of alkyl halides is 3. The van der Waals surface area contributed by atoms with Gasteiger partial charge in [0.05, 0.1) is 21.1 Å². The van der Waals surface area contributed by atoms with E-state index in [4.69, 9.17) is 11.6 Å². The third-order valence-corrected chi connectivity index (χ3v) is 8.72. The minimum absolute atomic E-state index is 0.0116. The van der Waals surface area contributed by atoms with Crippen LogP contribution >= 0.6 is 11.6 Å². The average molecular weight is 629 g/mol. The minimum Gasteiger partial charge on any atom is -0.305 e. The lowest BCUT2D eigenvalue weighted by Crippen LogP contribution is -2.35. The topological polar surface area (TPSA) is 116 Å². The van der Waals surface area contributed by atoms with Gasteiger partial charge >= 0.3 is 12.2 Å². The molecule has 0 spiro atoms. The molecule has 14 heteroatoms. The number of para-hydroxylation sites is 1. The van der Waals surface area contributed by atoms with Crippen molar-refractivity contribution in [2.75, 3.05) is 23.8 Å². The van der Waals surface area contributed by atoms with Gasteiger partial charge < -0.3 is 5.32 Å². The number of carbonyl (C=O) groups excluding carboxylic acids is 1. The van der Waals surface area contributed by atoms with E-state index in [1.165, 1.54) is 40.7 Å². The fourth-order valence-corrected chi connectivity index (χ4v) is 5.97. The van der Waals surface area contributed by atoms with Gasteiger partial charge in [-0.15, -0.1) is 0 Å². The number of fused-ring (bicyclic) bond motifs is 1.